The number of nitrogen functional groups attached to an aromatic ring is 1. The summed E-state index contributed by atoms with van der Waals surface area (Å²) in [6.07, 6.45) is 2.66. The highest BCUT2D eigenvalue weighted by molar-refractivity contribution is 5.49. The van der Waals surface area contributed by atoms with Crippen LogP contribution in [0.4, 0.5) is 5.69 Å². The van der Waals surface area contributed by atoms with Crippen LogP contribution in [0.3, 0.4) is 0 Å². The highest BCUT2D eigenvalue weighted by Crippen LogP contribution is 2.30. The van der Waals surface area contributed by atoms with Gasteiger partial charge in [0, 0.05) is 24.8 Å². The molecule has 104 valence electrons. The first-order valence-electron chi connectivity index (χ1n) is 7.36. The maximum Gasteiger partial charge on any atom is 0.0346 e. The monoisotopic (exact) mass is 266 g/mol. The Hall–Kier alpha value is -1.80. The van der Waals surface area contributed by atoms with Gasteiger partial charge in [-0.3, -0.25) is 4.90 Å². The Bertz CT molecular complexity index is 573. The largest absolute Gasteiger partial charge is 0.399 e. The van der Waals surface area contributed by atoms with Crippen molar-refractivity contribution in [2.75, 3.05) is 5.73 Å². The summed E-state index contributed by atoms with van der Waals surface area (Å²) in [4.78, 5) is 2.58. The van der Waals surface area contributed by atoms with Crippen molar-refractivity contribution in [1.82, 2.24) is 4.90 Å². The quantitative estimate of drug-likeness (QED) is 0.835. The molecule has 3 rings (SSSR count). The maximum absolute atomic E-state index is 6.02. The molecule has 0 heterocycles. The molecule has 0 aliphatic heterocycles. The maximum atomic E-state index is 6.02. The van der Waals surface area contributed by atoms with Gasteiger partial charge in [0.05, 0.1) is 0 Å². The van der Waals surface area contributed by atoms with Crippen LogP contribution in [0.2, 0.25) is 0 Å². The first kappa shape index (κ1) is 13.2. The van der Waals surface area contributed by atoms with Gasteiger partial charge in [-0.2, -0.15) is 0 Å². The second-order valence-corrected chi connectivity index (χ2v) is 5.75. The number of anilines is 1. The summed E-state index contributed by atoms with van der Waals surface area (Å²) < 4.78 is 0. The third-order valence-electron chi connectivity index (χ3n) is 4.15. The van der Waals surface area contributed by atoms with Gasteiger partial charge in [0.1, 0.15) is 0 Å². The molecule has 0 bridgehead atoms. The molecule has 2 aromatic rings. The first-order chi connectivity index (χ1) is 9.74. The zero-order chi connectivity index (χ0) is 13.9. The van der Waals surface area contributed by atoms with Crippen LogP contribution in [-0.4, -0.2) is 10.9 Å². The number of hydrogen-bond donors (Lipinski definition) is 1. The topological polar surface area (TPSA) is 29.3 Å². The van der Waals surface area contributed by atoms with Crippen molar-refractivity contribution in [3.8, 4) is 0 Å². The van der Waals surface area contributed by atoms with Crippen molar-refractivity contribution in [1.29, 1.82) is 0 Å². The fourth-order valence-corrected chi connectivity index (χ4v) is 2.67. The molecule has 0 amide bonds. The molecule has 2 N–H and O–H groups in total. The van der Waals surface area contributed by atoms with Crippen molar-refractivity contribution in [2.45, 2.75) is 38.9 Å². The molecule has 0 saturated heterocycles. The molecular weight excluding hydrogens is 244 g/mol. The highest BCUT2D eigenvalue weighted by atomic mass is 15.2. The third kappa shape index (κ3) is 3.02. The van der Waals surface area contributed by atoms with E-state index in [-0.39, 0.29) is 0 Å². The summed E-state index contributed by atoms with van der Waals surface area (Å²) in [5.74, 6) is 0. The van der Waals surface area contributed by atoms with E-state index >= 15 is 0 Å². The molecule has 2 nitrogen and oxygen atoms in total. The molecular formula is C18H22N2. The Balaban J connectivity index is 1.76. The standard InChI is InChI=1S/C18H22N2/c1-14-16(8-5-9-18(14)19)13-20(17-10-11-17)12-15-6-3-2-4-7-15/h2-9,17H,10-13,19H2,1H3. The summed E-state index contributed by atoms with van der Waals surface area (Å²) in [7, 11) is 0. The minimum Gasteiger partial charge on any atom is -0.399 e. The Kier molecular flexibility index (Phi) is 3.75. The SMILES string of the molecule is Cc1c(N)cccc1CN(Cc1ccccc1)C1CC1. The van der Waals surface area contributed by atoms with Crippen molar-refractivity contribution in [3.63, 3.8) is 0 Å². The molecule has 0 unspecified atom stereocenters. The minimum atomic E-state index is 0.746. The van der Waals surface area contributed by atoms with Crippen LogP contribution in [0.5, 0.6) is 0 Å². The van der Waals surface area contributed by atoms with Crippen LogP contribution in [0, 0.1) is 6.92 Å². The van der Waals surface area contributed by atoms with E-state index in [9.17, 15) is 0 Å². The van der Waals surface area contributed by atoms with Crippen molar-refractivity contribution < 1.29 is 0 Å². The molecule has 1 saturated carbocycles. The van der Waals surface area contributed by atoms with E-state index in [0.717, 1.165) is 24.8 Å². The lowest BCUT2D eigenvalue weighted by atomic mass is 10.1. The smallest absolute Gasteiger partial charge is 0.0346 e. The van der Waals surface area contributed by atoms with Gasteiger partial charge in [-0.1, -0.05) is 42.5 Å². The van der Waals surface area contributed by atoms with Crippen LogP contribution >= 0.6 is 0 Å². The minimum absolute atomic E-state index is 0.746. The van der Waals surface area contributed by atoms with Crippen LogP contribution in [0.15, 0.2) is 48.5 Å². The van der Waals surface area contributed by atoms with E-state index in [1.165, 1.54) is 29.5 Å². The van der Waals surface area contributed by atoms with E-state index in [1.807, 2.05) is 6.07 Å². The van der Waals surface area contributed by atoms with Crippen LogP contribution in [0.25, 0.3) is 0 Å². The normalized spacial score (nSPS) is 14.7. The molecule has 2 aromatic carbocycles. The molecule has 20 heavy (non-hydrogen) atoms. The molecule has 1 aliphatic rings. The molecule has 0 spiro atoms. The second-order valence-electron chi connectivity index (χ2n) is 5.75. The Morgan fingerprint density at radius 3 is 2.45 bits per heavy atom. The zero-order valence-corrected chi connectivity index (χ0v) is 12.0. The molecule has 0 atom stereocenters. The van der Waals surface area contributed by atoms with Crippen LogP contribution in [0.1, 0.15) is 29.5 Å². The zero-order valence-electron chi connectivity index (χ0n) is 12.0. The fourth-order valence-electron chi connectivity index (χ4n) is 2.67. The lowest BCUT2D eigenvalue weighted by molar-refractivity contribution is 0.245. The van der Waals surface area contributed by atoms with E-state index in [0.29, 0.717) is 0 Å². The van der Waals surface area contributed by atoms with Crippen molar-refractivity contribution in [3.05, 3.63) is 65.2 Å². The predicted molar refractivity (Wildman–Crippen MR) is 84.3 cm³/mol. The summed E-state index contributed by atoms with van der Waals surface area (Å²) in [5.41, 5.74) is 10.9. The summed E-state index contributed by atoms with van der Waals surface area (Å²) in [6, 6.07) is 17.7. The Morgan fingerprint density at radius 2 is 1.75 bits per heavy atom. The summed E-state index contributed by atoms with van der Waals surface area (Å²) in [6.45, 7) is 4.15. The molecule has 0 aromatic heterocycles. The lowest BCUT2D eigenvalue weighted by Gasteiger charge is -2.23. The Morgan fingerprint density at radius 1 is 1.00 bits per heavy atom. The van der Waals surface area contributed by atoms with Gasteiger partial charge in [0.15, 0.2) is 0 Å². The number of nitrogens with zero attached hydrogens (tertiary/aromatic N) is 1. The molecule has 1 aliphatic carbocycles. The number of rotatable bonds is 5. The molecule has 2 heteroatoms. The fraction of sp³-hybridized carbons (Fsp3) is 0.333. The number of hydrogen-bond acceptors (Lipinski definition) is 2. The Labute approximate surface area is 121 Å². The number of nitrogens with two attached hydrogens (primary N) is 1. The van der Waals surface area contributed by atoms with Gasteiger partial charge in [-0.25, -0.2) is 0 Å². The third-order valence-corrected chi connectivity index (χ3v) is 4.15. The summed E-state index contributed by atoms with van der Waals surface area (Å²) >= 11 is 0. The van der Waals surface area contributed by atoms with Crippen molar-refractivity contribution in [2.24, 2.45) is 0 Å². The average Bonchev–Trinajstić information content (AvgIpc) is 3.29. The van der Waals surface area contributed by atoms with Gasteiger partial charge in [-0.05, 0) is 42.5 Å². The van der Waals surface area contributed by atoms with Crippen LogP contribution in [-0.2, 0) is 13.1 Å². The summed E-state index contributed by atoms with van der Waals surface area (Å²) in [5, 5.41) is 0. The van der Waals surface area contributed by atoms with E-state index in [4.69, 9.17) is 5.73 Å². The molecule has 0 radical (unpaired) electrons. The average molecular weight is 266 g/mol. The van der Waals surface area contributed by atoms with E-state index in [1.54, 1.807) is 0 Å². The van der Waals surface area contributed by atoms with E-state index < -0.39 is 0 Å². The van der Waals surface area contributed by atoms with Crippen LogP contribution < -0.4 is 5.73 Å². The van der Waals surface area contributed by atoms with Gasteiger partial charge in [0.2, 0.25) is 0 Å². The van der Waals surface area contributed by atoms with Gasteiger partial charge >= 0.3 is 0 Å². The van der Waals surface area contributed by atoms with Crippen molar-refractivity contribution >= 4 is 5.69 Å². The number of benzene rings is 2. The lowest BCUT2D eigenvalue weighted by Crippen LogP contribution is -2.25. The van der Waals surface area contributed by atoms with Gasteiger partial charge < -0.3 is 5.73 Å². The van der Waals surface area contributed by atoms with Gasteiger partial charge in [-0.15, -0.1) is 0 Å². The first-order valence-corrected chi connectivity index (χ1v) is 7.36. The molecule has 1 fully saturated rings. The predicted octanol–water partition coefficient (Wildman–Crippen LogP) is 3.74. The van der Waals surface area contributed by atoms with E-state index in [2.05, 4.69) is 54.3 Å². The second kappa shape index (κ2) is 5.68. The van der Waals surface area contributed by atoms with Gasteiger partial charge in [0.25, 0.3) is 0 Å². The highest BCUT2D eigenvalue weighted by Gasteiger charge is 2.29.